The van der Waals surface area contributed by atoms with Gasteiger partial charge in [-0.2, -0.15) is 0 Å². The molecule has 22 heavy (non-hydrogen) atoms. The molecule has 2 aromatic carbocycles. The van der Waals surface area contributed by atoms with Crippen molar-refractivity contribution in [2.24, 2.45) is 5.16 Å². The highest BCUT2D eigenvalue weighted by atomic mass is 35.5. The van der Waals surface area contributed by atoms with E-state index in [0.717, 1.165) is 5.56 Å². The van der Waals surface area contributed by atoms with Gasteiger partial charge in [-0.1, -0.05) is 59.2 Å². The summed E-state index contributed by atoms with van der Waals surface area (Å²) in [6.45, 7) is 0. The number of hydrogen-bond donors (Lipinski definition) is 1. The van der Waals surface area contributed by atoms with Crippen LogP contribution in [0, 0.1) is 0 Å². The fourth-order valence-corrected chi connectivity index (χ4v) is 3.47. The molecule has 0 heterocycles. The molecule has 4 nitrogen and oxygen atoms in total. The molecule has 0 aromatic heterocycles. The minimum Gasteiger partial charge on any atom is -0.411 e. The molecule has 0 radical (unpaired) electrons. The van der Waals surface area contributed by atoms with Crippen LogP contribution in [0.1, 0.15) is 11.1 Å². The number of benzene rings is 2. The highest BCUT2D eigenvalue weighted by Gasteiger charge is 2.17. The van der Waals surface area contributed by atoms with Gasteiger partial charge in [-0.15, -0.1) is 0 Å². The minimum atomic E-state index is -3.37. The Morgan fingerprint density at radius 2 is 1.68 bits per heavy atom. The van der Waals surface area contributed by atoms with E-state index in [1.165, 1.54) is 0 Å². The van der Waals surface area contributed by atoms with E-state index in [2.05, 4.69) is 5.16 Å². The predicted octanol–water partition coefficient (Wildman–Crippen LogP) is 3.18. The van der Waals surface area contributed by atoms with E-state index in [1.54, 1.807) is 24.3 Å². The van der Waals surface area contributed by atoms with Gasteiger partial charge in [-0.3, -0.25) is 0 Å². The molecule has 2 rings (SSSR count). The third kappa shape index (κ3) is 4.86. The first-order valence-electron chi connectivity index (χ1n) is 6.71. The van der Waals surface area contributed by atoms with Gasteiger partial charge in [0.1, 0.15) is 5.71 Å². The van der Waals surface area contributed by atoms with Crippen LogP contribution in [0.5, 0.6) is 0 Å². The summed E-state index contributed by atoms with van der Waals surface area (Å²) < 4.78 is 24.4. The maximum atomic E-state index is 12.2. The number of rotatable bonds is 6. The molecule has 0 aliphatic carbocycles. The Balaban J connectivity index is 2.05. The number of halogens is 1. The van der Waals surface area contributed by atoms with Gasteiger partial charge in [0.15, 0.2) is 9.84 Å². The van der Waals surface area contributed by atoms with Crippen LogP contribution in [0.3, 0.4) is 0 Å². The van der Waals surface area contributed by atoms with Gasteiger partial charge in [0, 0.05) is 10.6 Å². The lowest BCUT2D eigenvalue weighted by Gasteiger charge is -2.07. The summed E-state index contributed by atoms with van der Waals surface area (Å²) in [6.07, 6.45) is 0.433. The maximum absolute atomic E-state index is 12.2. The van der Waals surface area contributed by atoms with Crippen LogP contribution in [-0.2, 0) is 16.3 Å². The standard InChI is InChI=1S/C16H16ClNO3S/c17-15-8-6-14(7-9-15)16(18-19)12-22(20,21)11-10-13-4-2-1-3-5-13/h1-9,19H,10-12H2/b18-16-. The van der Waals surface area contributed by atoms with Crippen molar-refractivity contribution in [1.82, 2.24) is 0 Å². The second-order valence-corrected chi connectivity index (χ2v) is 7.50. The maximum Gasteiger partial charge on any atom is 0.156 e. The fourth-order valence-electron chi connectivity index (χ4n) is 2.01. The summed E-state index contributed by atoms with van der Waals surface area (Å²) in [5, 5.41) is 12.7. The second-order valence-electron chi connectivity index (χ2n) is 4.88. The summed E-state index contributed by atoms with van der Waals surface area (Å²) in [5.41, 5.74) is 1.61. The first-order valence-corrected chi connectivity index (χ1v) is 8.91. The summed E-state index contributed by atoms with van der Waals surface area (Å²) in [6, 6.07) is 15.9. The molecule has 0 saturated carbocycles. The van der Waals surface area contributed by atoms with E-state index < -0.39 is 9.84 Å². The topological polar surface area (TPSA) is 66.7 Å². The quantitative estimate of drug-likeness (QED) is 0.500. The summed E-state index contributed by atoms with van der Waals surface area (Å²) in [5.74, 6) is -0.304. The van der Waals surface area contributed by atoms with Gasteiger partial charge in [0.2, 0.25) is 0 Å². The number of aryl methyl sites for hydroxylation is 1. The highest BCUT2D eigenvalue weighted by Crippen LogP contribution is 2.12. The van der Waals surface area contributed by atoms with Crippen molar-refractivity contribution in [2.75, 3.05) is 11.5 Å². The molecule has 0 atom stereocenters. The van der Waals surface area contributed by atoms with E-state index in [0.29, 0.717) is 17.0 Å². The molecular formula is C16H16ClNO3S. The largest absolute Gasteiger partial charge is 0.411 e. The van der Waals surface area contributed by atoms with Crippen LogP contribution in [0.25, 0.3) is 0 Å². The molecule has 0 saturated heterocycles. The van der Waals surface area contributed by atoms with E-state index in [-0.39, 0.29) is 17.2 Å². The number of hydrogen-bond acceptors (Lipinski definition) is 4. The molecular weight excluding hydrogens is 322 g/mol. The lowest BCUT2D eigenvalue weighted by molar-refractivity contribution is 0.319. The molecule has 6 heteroatoms. The van der Waals surface area contributed by atoms with E-state index >= 15 is 0 Å². The van der Waals surface area contributed by atoms with Gasteiger partial charge in [0.25, 0.3) is 0 Å². The Hall–Kier alpha value is -1.85. The number of sulfone groups is 1. The Morgan fingerprint density at radius 1 is 1.05 bits per heavy atom. The van der Waals surface area contributed by atoms with E-state index in [4.69, 9.17) is 16.8 Å². The Labute approximate surface area is 135 Å². The normalized spacial score (nSPS) is 12.3. The van der Waals surface area contributed by atoms with Crippen LogP contribution in [0.2, 0.25) is 5.02 Å². The Morgan fingerprint density at radius 3 is 2.27 bits per heavy atom. The number of nitrogens with zero attached hydrogens (tertiary/aromatic N) is 1. The fraction of sp³-hybridized carbons (Fsp3) is 0.188. The first kappa shape index (κ1) is 16.5. The van der Waals surface area contributed by atoms with Crippen LogP contribution in [0.15, 0.2) is 59.8 Å². The molecule has 0 aliphatic heterocycles. The van der Waals surface area contributed by atoms with Crippen LogP contribution < -0.4 is 0 Å². The zero-order valence-electron chi connectivity index (χ0n) is 11.8. The zero-order valence-corrected chi connectivity index (χ0v) is 13.4. The van der Waals surface area contributed by atoms with Crippen molar-refractivity contribution in [3.05, 3.63) is 70.7 Å². The minimum absolute atomic E-state index is 0.00359. The molecule has 0 bridgehead atoms. The smallest absolute Gasteiger partial charge is 0.156 e. The molecule has 116 valence electrons. The zero-order chi connectivity index (χ0) is 16.0. The third-order valence-electron chi connectivity index (χ3n) is 3.20. The van der Waals surface area contributed by atoms with Crippen LogP contribution in [-0.4, -0.2) is 30.8 Å². The monoisotopic (exact) mass is 337 g/mol. The molecule has 0 amide bonds. The average Bonchev–Trinajstić information content (AvgIpc) is 2.53. The number of oxime groups is 1. The average molecular weight is 338 g/mol. The van der Waals surface area contributed by atoms with Crippen molar-refractivity contribution < 1.29 is 13.6 Å². The van der Waals surface area contributed by atoms with Crippen LogP contribution in [0.4, 0.5) is 0 Å². The van der Waals surface area contributed by atoms with Gasteiger partial charge in [-0.05, 0) is 24.1 Å². The Bertz CT molecular complexity index is 741. The molecule has 1 N–H and O–H groups in total. The Kier molecular flexibility index (Phi) is 5.57. The predicted molar refractivity (Wildman–Crippen MR) is 88.6 cm³/mol. The summed E-state index contributed by atoms with van der Waals surface area (Å²) in [4.78, 5) is 0. The van der Waals surface area contributed by atoms with E-state index in [9.17, 15) is 8.42 Å². The summed E-state index contributed by atoms with van der Waals surface area (Å²) in [7, 11) is -3.37. The first-order chi connectivity index (χ1) is 10.5. The van der Waals surface area contributed by atoms with Crippen molar-refractivity contribution in [2.45, 2.75) is 6.42 Å². The highest BCUT2D eigenvalue weighted by molar-refractivity contribution is 7.92. The van der Waals surface area contributed by atoms with Crippen molar-refractivity contribution >= 4 is 27.1 Å². The lowest BCUT2D eigenvalue weighted by atomic mass is 10.1. The molecule has 2 aromatic rings. The summed E-state index contributed by atoms with van der Waals surface area (Å²) >= 11 is 5.79. The van der Waals surface area contributed by atoms with Crippen molar-refractivity contribution in [1.29, 1.82) is 0 Å². The van der Waals surface area contributed by atoms with Gasteiger partial charge < -0.3 is 5.21 Å². The van der Waals surface area contributed by atoms with Gasteiger partial charge in [0.05, 0.1) is 11.5 Å². The SMILES string of the molecule is O=S(=O)(CCc1ccccc1)C/C(=N/O)c1ccc(Cl)cc1. The van der Waals surface area contributed by atoms with Crippen molar-refractivity contribution in [3.63, 3.8) is 0 Å². The molecule has 0 unspecified atom stereocenters. The van der Waals surface area contributed by atoms with E-state index in [1.807, 2.05) is 30.3 Å². The lowest BCUT2D eigenvalue weighted by Crippen LogP contribution is -2.21. The molecule has 0 aliphatic rings. The van der Waals surface area contributed by atoms with Crippen LogP contribution >= 0.6 is 11.6 Å². The second kappa shape index (κ2) is 7.42. The van der Waals surface area contributed by atoms with Gasteiger partial charge >= 0.3 is 0 Å². The molecule has 0 spiro atoms. The molecule has 0 fully saturated rings. The van der Waals surface area contributed by atoms with Gasteiger partial charge in [-0.25, -0.2) is 8.42 Å². The van der Waals surface area contributed by atoms with Crippen molar-refractivity contribution in [3.8, 4) is 0 Å². The third-order valence-corrected chi connectivity index (χ3v) is 4.99.